The van der Waals surface area contributed by atoms with E-state index in [9.17, 15) is 19.5 Å². The van der Waals surface area contributed by atoms with Crippen molar-refractivity contribution in [2.45, 2.75) is 38.5 Å². The highest BCUT2D eigenvalue weighted by Crippen LogP contribution is 2.02. The summed E-state index contributed by atoms with van der Waals surface area (Å²) in [6.07, 6.45) is -0.264. The molecule has 0 radical (unpaired) electrons. The fraction of sp³-hybridized carbons (Fsp3) is 0.412. The van der Waals surface area contributed by atoms with Crippen LogP contribution in [0.15, 0.2) is 35.3 Å². The number of alkyl carbamates (subject to hydrolysis) is 1. The van der Waals surface area contributed by atoms with Gasteiger partial charge in [0.2, 0.25) is 5.91 Å². The Labute approximate surface area is 157 Å². The van der Waals surface area contributed by atoms with Gasteiger partial charge in [-0.25, -0.2) is 9.59 Å². The van der Waals surface area contributed by atoms with Crippen molar-refractivity contribution in [3.63, 3.8) is 0 Å². The molecule has 0 spiro atoms. The molecule has 27 heavy (non-hydrogen) atoms. The van der Waals surface area contributed by atoms with Crippen molar-refractivity contribution in [3.8, 4) is 0 Å². The standard InChI is InChI=1S/C17H25N5O5/c1-11(21-17(26)27-10-12-6-3-2-4-7-12)14(23)22-13(15(24)25)8-5-9-20-16(18)19/h2-4,6-7,11,13H,5,8-10H2,1H3,(H,21,26)(H,22,23)(H,24,25)(H4,18,19,20)/t11-,13+/m1/s1. The lowest BCUT2D eigenvalue weighted by Crippen LogP contribution is -2.50. The lowest BCUT2D eigenvalue weighted by Gasteiger charge is -2.18. The summed E-state index contributed by atoms with van der Waals surface area (Å²) in [6.45, 7) is 1.74. The van der Waals surface area contributed by atoms with Crippen molar-refractivity contribution in [2.24, 2.45) is 16.5 Å². The number of aliphatic carboxylic acids is 1. The third-order valence-electron chi connectivity index (χ3n) is 3.50. The number of hydrogen-bond donors (Lipinski definition) is 5. The van der Waals surface area contributed by atoms with E-state index >= 15 is 0 Å². The summed E-state index contributed by atoms with van der Waals surface area (Å²) < 4.78 is 5.02. The Bertz CT molecular complexity index is 661. The van der Waals surface area contributed by atoms with E-state index in [4.69, 9.17) is 16.2 Å². The Morgan fingerprint density at radius 1 is 1.19 bits per heavy atom. The smallest absolute Gasteiger partial charge is 0.408 e. The number of nitrogens with zero attached hydrogens (tertiary/aromatic N) is 1. The van der Waals surface area contributed by atoms with E-state index in [2.05, 4.69) is 15.6 Å². The maximum Gasteiger partial charge on any atom is 0.408 e. The second-order valence-corrected chi connectivity index (χ2v) is 5.78. The first-order valence-corrected chi connectivity index (χ1v) is 8.35. The van der Waals surface area contributed by atoms with Crippen molar-refractivity contribution in [3.05, 3.63) is 35.9 Å². The van der Waals surface area contributed by atoms with Gasteiger partial charge < -0.3 is 31.9 Å². The first-order valence-electron chi connectivity index (χ1n) is 8.35. The highest BCUT2D eigenvalue weighted by atomic mass is 16.5. The first kappa shape index (κ1) is 21.7. The predicted octanol–water partition coefficient (Wildman–Crippen LogP) is -0.0757. The predicted molar refractivity (Wildman–Crippen MR) is 98.7 cm³/mol. The number of carboxylic acids is 1. The molecule has 7 N–H and O–H groups in total. The van der Waals surface area contributed by atoms with Crippen LogP contribution in [0.4, 0.5) is 4.79 Å². The van der Waals surface area contributed by atoms with E-state index in [1.165, 1.54) is 6.92 Å². The SMILES string of the molecule is C[C@@H](NC(=O)OCc1ccccc1)C(=O)N[C@@H](CCCN=C(N)N)C(=O)O. The summed E-state index contributed by atoms with van der Waals surface area (Å²) >= 11 is 0. The number of carbonyl (C=O) groups excluding carboxylic acids is 2. The highest BCUT2D eigenvalue weighted by molar-refractivity contribution is 5.88. The number of nitrogens with two attached hydrogens (primary N) is 2. The van der Waals surface area contributed by atoms with E-state index in [1.807, 2.05) is 18.2 Å². The summed E-state index contributed by atoms with van der Waals surface area (Å²) in [5, 5.41) is 13.9. The van der Waals surface area contributed by atoms with E-state index in [1.54, 1.807) is 12.1 Å². The quantitative estimate of drug-likeness (QED) is 0.215. The van der Waals surface area contributed by atoms with E-state index in [0.29, 0.717) is 6.42 Å². The van der Waals surface area contributed by atoms with Crippen molar-refractivity contribution in [1.82, 2.24) is 10.6 Å². The van der Waals surface area contributed by atoms with Gasteiger partial charge in [-0.3, -0.25) is 9.79 Å². The molecule has 0 aromatic heterocycles. The number of nitrogens with one attached hydrogen (secondary N) is 2. The number of carboxylic acid groups (broad SMARTS) is 1. The third kappa shape index (κ3) is 9.10. The molecule has 1 rings (SSSR count). The van der Waals surface area contributed by atoms with Gasteiger partial charge >= 0.3 is 12.1 Å². The maximum atomic E-state index is 12.1. The van der Waals surface area contributed by atoms with E-state index < -0.39 is 30.1 Å². The van der Waals surface area contributed by atoms with Crippen molar-refractivity contribution >= 4 is 23.9 Å². The molecule has 1 aromatic carbocycles. The minimum absolute atomic E-state index is 0.0591. The number of hydrogen-bond acceptors (Lipinski definition) is 5. The molecule has 10 nitrogen and oxygen atoms in total. The van der Waals surface area contributed by atoms with Crippen molar-refractivity contribution in [2.75, 3.05) is 6.54 Å². The third-order valence-corrected chi connectivity index (χ3v) is 3.50. The molecule has 0 saturated heterocycles. The van der Waals surface area contributed by atoms with E-state index in [0.717, 1.165) is 5.56 Å². The molecule has 0 aliphatic heterocycles. The molecule has 0 unspecified atom stereocenters. The molecular formula is C17H25N5O5. The van der Waals surface area contributed by atoms with Gasteiger partial charge in [-0.05, 0) is 25.3 Å². The van der Waals surface area contributed by atoms with Crippen LogP contribution in [0.1, 0.15) is 25.3 Å². The normalized spacial score (nSPS) is 12.3. The first-order chi connectivity index (χ1) is 12.8. The van der Waals surface area contributed by atoms with Crippen LogP contribution in [0.3, 0.4) is 0 Å². The largest absolute Gasteiger partial charge is 0.480 e. The van der Waals surface area contributed by atoms with Gasteiger partial charge in [0.05, 0.1) is 0 Å². The number of benzene rings is 1. The Morgan fingerprint density at radius 3 is 2.44 bits per heavy atom. The zero-order valence-electron chi connectivity index (χ0n) is 15.1. The van der Waals surface area contributed by atoms with Gasteiger partial charge in [-0.15, -0.1) is 0 Å². The molecule has 0 fully saturated rings. The average molecular weight is 379 g/mol. The zero-order chi connectivity index (χ0) is 20.2. The second-order valence-electron chi connectivity index (χ2n) is 5.78. The van der Waals surface area contributed by atoms with Crippen molar-refractivity contribution < 1.29 is 24.2 Å². The van der Waals surface area contributed by atoms with Crippen molar-refractivity contribution in [1.29, 1.82) is 0 Å². The minimum atomic E-state index is -1.19. The van der Waals surface area contributed by atoms with Crippen LogP contribution >= 0.6 is 0 Å². The molecule has 148 valence electrons. The Kier molecular flexibility index (Phi) is 9.13. The minimum Gasteiger partial charge on any atom is -0.480 e. The molecule has 0 aliphatic carbocycles. The Morgan fingerprint density at radius 2 is 1.85 bits per heavy atom. The topological polar surface area (TPSA) is 169 Å². The Balaban J connectivity index is 2.42. The van der Waals surface area contributed by atoms with Gasteiger partial charge in [-0.2, -0.15) is 0 Å². The molecular weight excluding hydrogens is 354 g/mol. The lowest BCUT2D eigenvalue weighted by atomic mass is 10.1. The summed E-state index contributed by atoms with van der Waals surface area (Å²) in [6, 6.07) is 6.97. The van der Waals surface area contributed by atoms with Crippen LogP contribution in [0.2, 0.25) is 0 Å². The second kappa shape index (κ2) is 11.3. The van der Waals surface area contributed by atoms with Gasteiger partial charge in [0, 0.05) is 6.54 Å². The van der Waals surface area contributed by atoms with Crippen LogP contribution in [0, 0.1) is 0 Å². The molecule has 0 saturated carbocycles. The fourth-order valence-corrected chi connectivity index (χ4v) is 2.06. The van der Waals surface area contributed by atoms with Gasteiger partial charge in [0.25, 0.3) is 0 Å². The lowest BCUT2D eigenvalue weighted by molar-refractivity contribution is -0.142. The molecule has 0 bridgehead atoms. The number of carbonyl (C=O) groups is 3. The highest BCUT2D eigenvalue weighted by Gasteiger charge is 2.23. The molecule has 2 atom stereocenters. The monoisotopic (exact) mass is 379 g/mol. The van der Waals surface area contributed by atoms with Crippen LogP contribution < -0.4 is 22.1 Å². The molecule has 0 heterocycles. The number of rotatable bonds is 10. The fourth-order valence-electron chi connectivity index (χ4n) is 2.06. The van der Waals surface area contributed by atoms with Crippen LogP contribution in [-0.4, -0.2) is 47.7 Å². The van der Waals surface area contributed by atoms with Gasteiger partial charge in [0.15, 0.2) is 5.96 Å². The number of ether oxygens (including phenoxy) is 1. The average Bonchev–Trinajstić information content (AvgIpc) is 2.62. The summed E-state index contributed by atoms with van der Waals surface area (Å²) in [4.78, 5) is 38.9. The molecule has 0 aliphatic rings. The van der Waals surface area contributed by atoms with Gasteiger partial charge in [-0.1, -0.05) is 30.3 Å². The number of aliphatic imine (C=N–C) groups is 1. The Hall–Kier alpha value is -3.30. The van der Waals surface area contributed by atoms with Crippen LogP contribution in [0.5, 0.6) is 0 Å². The number of amides is 2. The maximum absolute atomic E-state index is 12.1. The molecule has 2 amide bonds. The summed E-state index contributed by atoms with van der Waals surface area (Å²) in [5.41, 5.74) is 11.2. The summed E-state index contributed by atoms with van der Waals surface area (Å²) in [7, 11) is 0. The zero-order valence-corrected chi connectivity index (χ0v) is 15.1. The van der Waals surface area contributed by atoms with Crippen LogP contribution in [-0.2, 0) is 20.9 Å². The summed E-state index contributed by atoms with van der Waals surface area (Å²) in [5.74, 6) is -1.91. The molecule has 1 aromatic rings. The van der Waals surface area contributed by atoms with Gasteiger partial charge in [0.1, 0.15) is 18.7 Å². The van der Waals surface area contributed by atoms with E-state index in [-0.39, 0.29) is 25.5 Å². The number of guanidine groups is 1. The van der Waals surface area contributed by atoms with Crippen LogP contribution in [0.25, 0.3) is 0 Å². The molecule has 10 heteroatoms.